The summed E-state index contributed by atoms with van der Waals surface area (Å²) in [6.45, 7) is 0. The second-order valence-corrected chi connectivity index (χ2v) is 4.81. The SMILES string of the molecule is CN(C)c1ccc(/C=C(\C#N)c2ccc([N+](=O)[O-])cn2)cc1. The lowest BCUT2D eigenvalue weighted by atomic mass is 10.1. The molecule has 0 aliphatic heterocycles. The average molecular weight is 294 g/mol. The van der Waals surface area contributed by atoms with Crippen LogP contribution in [-0.4, -0.2) is 24.0 Å². The minimum Gasteiger partial charge on any atom is -0.378 e. The monoisotopic (exact) mass is 294 g/mol. The molecule has 6 heteroatoms. The molecular formula is C16H14N4O2. The van der Waals surface area contributed by atoms with Gasteiger partial charge in [0.15, 0.2) is 0 Å². The zero-order chi connectivity index (χ0) is 16.1. The average Bonchev–Trinajstić information content (AvgIpc) is 2.53. The summed E-state index contributed by atoms with van der Waals surface area (Å²) in [5.74, 6) is 0. The zero-order valence-electron chi connectivity index (χ0n) is 12.2. The molecule has 0 saturated carbocycles. The molecule has 6 nitrogen and oxygen atoms in total. The predicted molar refractivity (Wildman–Crippen MR) is 85.1 cm³/mol. The number of nitro groups is 1. The summed E-state index contributed by atoms with van der Waals surface area (Å²) in [5.41, 5.74) is 2.58. The fraction of sp³-hybridized carbons (Fsp3) is 0.125. The van der Waals surface area contributed by atoms with Gasteiger partial charge in [-0.05, 0) is 29.8 Å². The fourth-order valence-corrected chi connectivity index (χ4v) is 1.85. The van der Waals surface area contributed by atoms with Crippen molar-refractivity contribution in [2.24, 2.45) is 0 Å². The van der Waals surface area contributed by atoms with Gasteiger partial charge in [0.1, 0.15) is 12.3 Å². The molecule has 0 radical (unpaired) electrons. The van der Waals surface area contributed by atoms with E-state index in [0.29, 0.717) is 11.3 Å². The maximum Gasteiger partial charge on any atom is 0.287 e. The summed E-state index contributed by atoms with van der Waals surface area (Å²) in [7, 11) is 3.90. The maximum atomic E-state index is 10.6. The third-order valence-electron chi connectivity index (χ3n) is 3.08. The van der Waals surface area contributed by atoms with Gasteiger partial charge in [-0.1, -0.05) is 12.1 Å². The van der Waals surface area contributed by atoms with Crippen LogP contribution in [0.5, 0.6) is 0 Å². The normalized spacial score (nSPS) is 10.9. The molecule has 0 saturated heterocycles. The predicted octanol–water partition coefficient (Wildman–Crippen LogP) is 3.12. The van der Waals surface area contributed by atoms with Gasteiger partial charge in [0.05, 0.1) is 16.2 Å². The van der Waals surface area contributed by atoms with Gasteiger partial charge in [-0.25, -0.2) is 4.98 Å². The molecule has 0 bridgehead atoms. The third kappa shape index (κ3) is 3.46. The topological polar surface area (TPSA) is 83.1 Å². The van der Waals surface area contributed by atoms with Crippen molar-refractivity contribution in [1.29, 1.82) is 5.26 Å². The Morgan fingerprint density at radius 3 is 2.41 bits per heavy atom. The third-order valence-corrected chi connectivity index (χ3v) is 3.08. The highest BCUT2D eigenvalue weighted by Gasteiger charge is 2.08. The smallest absolute Gasteiger partial charge is 0.287 e. The van der Waals surface area contributed by atoms with E-state index in [2.05, 4.69) is 11.1 Å². The van der Waals surface area contributed by atoms with E-state index in [4.69, 9.17) is 0 Å². The van der Waals surface area contributed by atoms with Crippen LogP contribution < -0.4 is 4.90 Å². The first-order valence-electron chi connectivity index (χ1n) is 6.51. The van der Waals surface area contributed by atoms with Gasteiger partial charge in [0, 0.05) is 25.8 Å². The van der Waals surface area contributed by atoms with Crippen molar-refractivity contribution >= 4 is 23.0 Å². The number of pyridine rings is 1. The number of nitrogens with zero attached hydrogens (tertiary/aromatic N) is 4. The van der Waals surface area contributed by atoms with Crippen LogP contribution in [0.15, 0.2) is 42.6 Å². The molecule has 1 heterocycles. The van der Waals surface area contributed by atoms with Gasteiger partial charge in [-0.2, -0.15) is 5.26 Å². The summed E-state index contributed by atoms with van der Waals surface area (Å²) in [6.07, 6.45) is 2.85. The van der Waals surface area contributed by atoms with Crippen LogP contribution in [0.4, 0.5) is 11.4 Å². The van der Waals surface area contributed by atoms with Crippen molar-refractivity contribution in [3.8, 4) is 6.07 Å². The molecule has 0 fully saturated rings. The van der Waals surface area contributed by atoms with Crippen LogP contribution in [0.2, 0.25) is 0 Å². The van der Waals surface area contributed by atoms with Crippen LogP contribution in [0.1, 0.15) is 11.3 Å². The Morgan fingerprint density at radius 2 is 1.95 bits per heavy atom. The molecule has 0 unspecified atom stereocenters. The van der Waals surface area contributed by atoms with E-state index in [-0.39, 0.29) is 5.69 Å². The lowest BCUT2D eigenvalue weighted by Crippen LogP contribution is -2.07. The van der Waals surface area contributed by atoms with Gasteiger partial charge in [0.25, 0.3) is 5.69 Å². The standard InChI is InChI=1S/C16H14N4O2/c1-19(2)14-5-3-12(4-6-14)9-13(10-17)16-8-7-15(11-18-16)20(21)22/h3-9,11H,1-2H3/b13-9+. The Bertz CT molecular complexity index is 741. The number of hydrogen-bond acceptors (Lipinski definition) is 5. The molecule has 2 rings (SSSR count). The highest BCUT2D eigenvalue weighted by Crippen LogP contribution is 2.20. The van der Waals surface area contributed by atoms with Crippen molar-refractivity contribution in [2.75, 3.05) is 19.0 Å². The molecule has 0 aliphatic carbocycles. The molecular weight excluding hydrogens is 280 g/mol. The molecule has 2 aromatic rings. The molecule has 0 amide bonds. The van der Waals surface area contributed by atoms with Crippen LogP contribution in [0.25, 0.3) is 11.6 Å². The molecule has 0 aliphatic rings. The molecule has 1 aromatic heterocycles. The fourth-order valence-electron chi connectivity index (χ4n) is 1.85. The summed E-state index contributed by atoms with van der Waals surface area (Å²) < 4.78 is 0. The first-order chi connectivity index (χ1) is 10.5. The Labute approximate surface area is 128 Å². The van der Waals surface area contributed by atoms with E-state index in [1.165, 1.54) is 12.1 Å². The number of anilines is 1. The van der Waals surface area contributed by atoms with E-state index in [0.717, 1.165) is 17.4 Å². The van der Waals surface area contributed by atoms with E-state index >= 15 is 0 Å². The van der Waals surface area contributed by atoms with Crippen molar-refractivity contribution in [2.45, 2.75) is 0 Å². The van der Waals surface area contributed by atoms with E-state index < -0.39 is 4.92 Å². The largest absolute Gasteiger partial charge is 0.378 e. The minimum absolute atomic E-state index is 0.101. The highest BCUT2D eigenvalue weighted by molar-refractivity contribution is 5.88. The summed E-state index contributed by atoms with van der Waals surface area (Å²) in [5, 5.41) is 19.9. The molecule has 22 heavy (non-hydrogen) atoms. The van der Waals surface area contributed by atoms with Crippen LogP contribution in [0, 0.1) is 21.4 Å². The maximum absolute atomic E-state index is 10.6. The molecule has 110 valence electrons. The number of hydrogen-bond donors (Lipinski definition) is 0. The van der Waals surface area contributed by atoms with E-state index in [1.54, 1.807) is 6.08 Å². The summed E-state index contributed by atoms with van der Waals surface area (Å²) >= 11 is 0. The molecule has 0 atom stereocenters. The van der Waals surface area contributed by atoms with Crippen molar-refractivity contribution in [3.05, 3.63) is 64.0 Å². The second-order valence-electron chi connectivity index (χ2n) is 4.81. The number of aromatic nitrogens is 1. The van der Waals surface area contributed by atoms with Crippen molar-refractivity contribution in [1.82, 2.24) is 4.98 Å². The van der Waals surface area contributed by atoms with Crippen molar-refractivity contribution in [3.63, 3.8) is 0 Å². The van der Waals surface area contributed by atoms with Gasteiger partial charge >= 0.3 is 0 Å². The van der Waals surface area contributed by atoms with E-state index in [9.17, 15) is 15.4 Å². The molecule has 0 N–H and O–H groups in total. The molecule has 1 aromatic carbocycles. The van der Waals surface area contributed by atoms with Gasteiger partial charge < -0.3 is 4.90 Å². The number of allylic oxidation sites excluding steroid dienone is 1. The van der Waals surface area contributed by atoms with Crippen LogP contribution >= 0.6 is 0 Å². The number of benzene rings is 1. The van der Waals surface area contributed by atoms with Gasteiger partial charge in [0.2, 0.25) is 0 Å². The molecule has 0 spiro atoms. The Balaban J connectivity index is 2.31. The Kier molecular flexibility index (Phi) is 4.49. The van der Waals surface area contributed by atoms with Crippen LogP contribution in [0.3, 0.4) is 0 Å². The lowest BCUT2D eigenvalue weighted by Gasteiger charge is -2.11. The Hall–Kier alpha value is -3.20. The minimum atomic E-state index is -0.521. The highest BCUT2D eigenvalue weighted by atomic mass is 16.6. The summed E-state index contributed by atoms with van der Waals surface area (Å²) in [4.78, 5) is 16.0. The van der Waals surface area contributed by atoms with Gasteiger partial charge in [-0.3, -0.25) is 10.1 Å². The first kappa shape index (κ1) is 15.2. The lowest BCUT2D eigenvalue weighted by molar-refractivity contribution is -0.385. The first-order valence-corrected chi connectivity index (χ1v) is 6.51. The zero-order valence-corrected chi connectivity index (χ0v) is 12.2. The number of nitriles is 1. The van der Waals surface area contributed by atoms with E-state index in [1.807, 2.05) is 43.3 Å². The summed E-state index contributed by atoms with van der Waals surface area (Å²) in [6, 6.07) is 12.6. The quantitative estimate of drug-likeness (QED) is 0.491. The second kappa shape index (κ2) is 6.50. The van der Waals surface area contributed by atoms with Crippen LogP contribution in [-0.2, 0) is 0 Å². The van der Waals surface area contributed by atoms with Crippen molar-refractivity contribution < 1.29 is 4.92 Å². The Morgan fingerprint density at radius 1 is 1.27 bits per heavy atom. The van der Waals surface area contributed by atoms with Gasteiger partial charge in [-0.15, -0.1) is 0 Å². The number of rotatable bonds is 4.